The third-order valence-electron chi connectivity index (χ3n) is 2.71. The van der Waals surface area contributed by atoms with Crippen LogP contribution in [0.5, 0.6) is 5.75 Å². The number of hydrogen-bond acceptors (Lipinski definition) is 3. The van der Waals surface area contributed by atoms with Crippen LogP contribution in [0.2, 0.25) is 5.02 Å². The highest BCUT2D eigenvalue weighted by atomic mass is 35.5. The number of carbonyl (C=O) groups is 1. The Morgan fingerprint density at radius 3 is 2.63 bits per heavy atom. The largest absolute Gasteiger partial charge is 0.492 e. The van der Waals surface area contributed by atoms with Gasteiger partial charge in [0.15, 0.2) is 0 Å². The van der Waals surface area contributed by atoms with Gasteiger partial charge in [0.2, 0.25) is 5.91 Å². The van der Waals surface area contributed by atoms with Gasteiger partial charge in [0.25, 0.3) is 0 Å². The van der Waals surface area contributed by atoms with Gasteiger partial charge in [0.1, 0.15) is 12.4 Å². The lowest BCUT2D eigenvalue weighted by atomic mass is 10.2. The Morgan fingerprint density at radius 1 is 1.42 bits per heavy atom. The molecule has 1 N–H and O–H groups in total. The molecular formula is C14H20ClNO3. The van der Waals surface area contributed by atoms with Crippen LogP contribution in [0, 0.1) is 0 Å². The Morgan fingerprint density at radius 2 is 2.05 bits per heavy atom. The van der Waals surface area contributed by atoms with E-state index in [9.17, 15) is 4.79 Å². The predicted octanol–water partition coefficient (Wildman–Crippen LogP) is 2.34. The van der Waals surface area contributed by atoms with Crippen LogP contribution < -0.4 is 4.74 Å². The zero-order chi connectivity index (χ0) is 14.3. The second-order valence-electron chi connectivity index (χ2n) is 4.51. The van der Waals surface area contributed by atoms with Gasteiger partial charge >= 0.3 is 0 Å². The number of aliphatic hydroxyl groups excluding tert-OH is 1. The van der Waals surface area contributed by atoms with Crippen LogP contribution in [0.15, 0.2) is 24.3 Å². The molecule has 4 nitrogen and oxygen atoms in total. The first-order chi connectivity index (χ1) is 8.99. The van der Waals surface area contributed by atoms with Crippen LogP contribution in [-0.2, 0) is 4.79 Å². The maximum absolute atomic E-state index is 11.7. The third kappa shape index (κ3) is 6.45. The number of nitrogens with zero attached hydrogens (tertiary/aromatic N) is 1. The molecule has 19 heavy (non-hydrogen) atoms. The molecule has 1 atom stereocenters. The summed E-state index contributed by atoms with van der Waals surface area (Å²) in [6, 6.07) is 7.10. The van der Waals surface area contributed by atoms with E-state index in [0.717, 1.165) is 5.75 Å². The maximum atomic E-state index is 11.7. The quantitative estimate of drug-likeness (QED) is 0.836. The Balaban J connectivity index is 2.24. The molecule has 0 fully saturated rings. The van der Waals surface area contributed by atoms with Crippen molar-refractivity contribution in [1.29, 1.82) is 0 Å². The van der Waals surface area contributed by atoms with E-state index in [0.29, 0.717) is 31.0 Å². The Kier molecular flexibility index (Phi) is 6.67. The van der Waals surface area contributed by atoms with E-state index in [1.54, 1.807) is 43.1 Å². The third-order valence-corrected chi connectivity index (χ3v) is 2.96. The van der Waals surface area contributed by atoms with Gasteiger partial charge in [0.05, 0.1) is 12.6 Å². The first-order valence-corrected chi connectivity index (χ1v) is 6.67. The second kappa shape index (κ2) is 8.02. The molecule has 1 aromatic carbocycles. The summed E-state index contributed by atoms with van der Waals surface area (Å²) in [5.41, 5.74) is 0. The van der Waals surface area contributed by atoms with Crippen LogP contribution in [0.1, 0.15) is 19.8 Å². The summed E-state index contributed by atoms with van der Waals surface area (Å²) in [6.45, 7) is 2.62. The molecule has 0 heterocycles. The number of halogens is 1. The van der Waals surface area contributed by atoms with E-state index in [2.05, 4.69) is 0 Å². The summed E-state index contributed by atoms with van der Waals surface area (Å²) in [5.74, 6) is 0.745. The minimum atomic E-state index is -0.442. The Labute approximate surface area is 118 Å². The van der Waals surface area contributed by atoms with Crippen LogP contribution in [0.3, 0.4) is 0 Å². The number of carbonyl (C=O) groups excluding carboxylic acids is 1. The summed E-state index contributed by atoms with van der Waals surface area (Å²) in [4.78, 5) is 13.3. The molecule has 1 aromatic rings. The van der Waals surface area contributed by atoms with Crippen molar-refractivity contribution in [1.82, 2.24) is 4.90 Å². The van der Waals surface area contributed by atoms with E-state index < -0.39 is 6.10 Å². The van der Waals surface area contributed by atoms with Crippen LogP contribution in [0.25, 0.3) is 0 Å². The molecule has 0 bridgehead atoms. The molecule has 1 unspecified atom stereocenters. The van der Waals surface area contributed by atoms with Crippen molar-refractivity contribution in [2.24, 2.45) is 0 Å². The first-order valence-electron chi connectivity index (χ1n) is 6.29. The molecule has 1 rings (SSSR count). The topological polar surface area (TPSA) is 49.8 Å². The van der Waals surface area contributed by atoms with Crippen molar-refractivity contribution in [2.45, 2.75) is 25.9 Å². The van der Waals surface area contributed by atoms with Gasteiger partial charge in [0, 0.05) is 18.5 Å². The van der Waals surface area contributed by atoms with E-state index >= 15 is 0 Å². The SMILES string of the molecule is CC(O)CCC(=O)N(C)CCOc1ccc(Cl)cc1. The minimum Gasteiger partial charge on any atom is -0.492 e. The molecule has 5 heteroatoms. The van der Waals surface area contributed by atoms with Crippen molar-refractivity contribution in [2.75, 3.05) is 20.2 Å². The lowest BCUT2D eigenvalue weighted by molar-refractivity contribution is -0.130. The molecule has 106 valence electrons. The van der Waals surface area contributed by atoms with Gasteiger partial charge in [-0.05, 0) is 37.6 Å². The van der Waals surface area contributed by atoms with Crippen molar-refractivity contribution < 1.29 is 14.6 Å². The van der Waals surface area contributed by atoms with E-state index in [-0.39, 0.29) is 5.91 Å². The molecule has 0 aliphatic carbocycles. The summed E-state index contributed by atoms with van der Waals surface area (Å²) in [5, 5.41) is 9.79. The van der Waals surface area contributed by atoms with Crippen molar-refractivity contribution >= 4 is 17.5 Å². The van der Waals surface area contributed by atoms with Crippen molar-refractivity contribution in [3.63, 3.8) is 0 Å². The lowest BCUT2D eigenvalue weighted by Gasteiger charge is -2.18. The Hall–Kier alpha value is -1.26. The van der Waals surface area contributed by atoms with Gasteiger partial charge in [-0.15, -0.1) is 0 Å². The summed E-state index contributed by atoms with van der Waals surface area (Å²) < 4.78 is 5.51. The monoisotopic (exact) mass is 285 g/mol. The molecule has 0 spiro atoms. The highest BCUT2D eigenvalue weighted by Crippen LogP contribution is 2.15. The minimum absolute atomic E-state index is 0.0145. The van der Waals surface area contributed by atoms with E-state index in [1.165, 1.54) is 0 Å². The van der Waals surface area contributed by atoms with E-state index in [4.69, 9.17) is 21.4 Å². The van der Waals surface area contributed by atoms with E-state index in [1.807, 2.05) is 0 Å². The number of hydrogen-bond donors (Lipinski definition) is 1. The summed E-state index contributed by atoms with van der Waals surface area (Å²) >= 11 is 5.77. The maximum Gasteiger partial charge on any atom is 0.222 e. The van der Waals surface area contributed by atoms with Crippen LogP contribution >= 0.6 is 11.6 Å². The predicted molar refractivity (Wildman–Crippen MR) is 75.5 cm³/mol. The average Bonchev–Trinajstić information content (AvgIpc) is 2.38. The molecule has 0 radical (unpaired) electrons. The molecular weight excluding hydrogens is 266 g/mol. The number of likely N-dealkylation sites (N-methyl/N-ethyl adjacent to an activating group) is 1. The van der Waals surface area contributed by atoms with Crippen LogP contribution in [-0.4, -0.2) is 42.2 Å². The fourth-order valence-corrected chi connectivity index (χ4v) is 1.61. The molecule has 0 aliphatic heterocycles. The van der Waals surface area contributed by atoms with Gasteiger partial charge in [-0.25, -0.2) is 0 Å². The molecule has 0 saturated heterocycles. The van der Waals surface area contributed by atoms with Crippen LogP contribution in [0.4, 0.5) is 0 Å². The zero-order valence-corrected chi connectivity index (χ0v) is 12.1. The number of aliphatic hydroxyl groups is 1. The van der Waals surface area contributed by atoms with Crippen molar-refractivity contribution in [3.05, 3.63) is 29.3 Å². The normalized spacial score (nSPS) is 12.0. The highest BCUT2D eigenvalue weighted by Gasteiger charge is 2.09. The van der Waals surface area contributed by atoms with Gasteiger partial charge < -0.3 is 14.7 Å². The first kappa shape index (κ1) is 15.8. The molecule has 0 aromatic heterocycles. The van der Waals surface area contributed by atoms with Crippen molar-refractivity contribution in [3.8, 4) is 5.75 Å². The summed E-state index contributed by atoms with van der Waals surface area (Å²) in [7, 11) is 1.73. The summed E-state index contributed by atoms with van der Waals surface area (Å²) in [6.07, 6.45) is 0.402. The fraction of sp³-hybridized carbons (Fsp3) is 0.500. The number of amides is 1. The molecule has 1 amide bonds. The smallest absolute Gasteiger partial charge is 0.222 e. The van der Waals surface area contributed by atoms with Gasteiger partial charge in [-0.1, -0.05) is 11.6 Å². The standard InChI is InChI=1S/C14H20ClNO3/c1-11(17)3-8-14(18)16(2)9-10-19-13-6-4-12(15)5-7-13/h4-7,11,17H,3,8-10H2,1-2H3. The Bertz CT molecular complexity index is 392. The number of rotatable bonds is 7. The molecule has 0 aliphatic rings. The number of ether oxygens (including phenoxy) is 1. The molecule has 0 saturated carbocycles. The number of benzene rings is 1. The fourth-order valence-electron chi connectivity index (χ4n) is 1.48. The lowest BCUT2D eigenvalue weighted by Crippen LogP contribution is -2.31. The van der Waals surface area contributed by atoms with Gasteiger partial charge in [-0.3, -0.25) is 4.79 Å². The zero-order valence-electron chi connectivity index (χ0n) is 11.3. The highest BCUT2D eigenvalue weighted by molar-refractivity contribution is 6.30. The second-order valence-corrected chi connectivity index (χ2v) is 4.94. The van der Waals surface area contributed by atoms with Gasteiger partial charge in [-0.2, -0.15) is 0 Å². The average molecular weight is 286 g/mol.